The number of hydrogen-bond acceptors (Lipinski definition) is 3. The van der Waals surface area contributed by atoms with Crippen molar-refractivity contribution in [2.75, 3.05) is 30.8 Å². The maximum absolute atomic E-state index is 12.3. The first-order valence-electron chi connectivity index (χ1n) is 8.82. The standard InChI is InChI=1S/C20H23N3O2/c1-25-17-5-2-4-15(13-17)21-20(24)22-16-7-8-18-14(12-16)9-11-23-10-3-6-19(18)23/h2,4-5,7-8,12-13,19H,3,6,9-11H2,1H3,(H2,21,22,24). The van der Waals surface area contributed by atoms with Crippen molar-refractivity contribution in [2.45, 2.75) is 25.3 Å². The van der Waals surface area contributed by atoms with Gasteiger partial charge in [-0.05, 0) is 61.2 Å². The summed E-state index contributed by atoms with van der Waals surface area (Å²) in [5.74, 6) is 0.715. The normalized spacial score (nSPS) is 19.0. The summed E-state index contributed by atoms with van der Waals surface area (Å²) in [5, 5.41) is 5.78. The zero-order valence-corrected chi connectivity index (χ0v) is 14.4. The van der Waals surface area contributed by atoms with E-state index in [0.717, 1.165) is 18.7 Å². The lowest BCUT2D eigenvalue weighted by Gasteiger charge is -2.32. The number of fused-ring (bicyclic) bond motifs is 3. The molecule has 130 valence electrons. The number of nitrogens with zero attached hydrogens (tertiary/aromatic N) is 1. The summed E-state index contributed by atoms with van der Waals surface area (Å²) in [6, 6.07) is 14.0. The SMILES string of the molecule is COc1cccc(NC(=O)Nc2ccc3c(c2)CCN2CCCC32)c1. The molecule has 0 bridgehead atoms. The Kier molecular flexibility index (Phi) is 4.32. The molecule has 0 aliphatic carbocycles. The number of nitrogens with one attached hydrogen (secondary N) is 2. The van der Waals surface area contributed by atoms with Gasteiger partial charge in [0.25, 0.3) is 0 Å². The zero-order chi connectivity index (χ0) is 17.2. The van der Waals surface area contributed by atoms with Crippen LogP contribution in [0.4, 0.5) is 16.2 Å². The highest BCUT2D eigenvalue weighted by molar-refractivity contribution is 5.99. The van der Waals surface area contributed by atoms with E-state index in [1.54, 1.807) is 13.2 Å². The first-order valence-corrected chi connectivity index (χ1v) is 8.82. The van der Waals surface area contributed by atoms with E-state index in [1.807, 2.05) is 24.3 Å². The molecule has 1 unspecified atom stereocenters. The molecule has 1 saturated heterocycles. The summed E-state index contributed by atoms with van der Waals surface area (Å²) < 4.78 is 5.18. The van der Waals surface area contributed by atoms with Crippen LogP contribution in [-0.2, 0) is 6.42 Å². The Hall–Kier alpha value is -2.53. The average Bonchev–Trinajstić information content (AvgIpc) is 3.10. The number of rotatable bonds is 3. The molecule has 2 aromatic rings. The Morgan fingerprint density at radius 1 is 1.12 bits per heavy atom. The van der Waals surface area contributed by atoms with E-state index in [2.05, 4.69) is 27.7 Å². The lowest BCUT2D eigenvalue weighted by Crippen LogP contribution is -2.31. The highest BCUT2D eigenvalue weighted by atomic mass is 16.5. The molecule has 0 aromatic heterocycles. The Bertz CT molecular complexity index is 790. The number of carbonyl (C=O) groups excluding carboxylic acids is 1. The molecule has 1 fully saturated rings. The summed E-state index contributed by atoms with van der Waals surface area (Å²) in [6.45, 7) is 2.34. The third-order valence-corrected chi connectivity index (χ3v) is 5.12. The second-order valence-electron chi connectivity index (χ2n) is 6.67. The van der Waals surface area contributed by atoms with Crippen LogP contribution in [0.15, 0.2) is 42.5 Å². The second kappa shape index (κ2) is 6.76. The van der Waals surface area contributed by atoms with Crippen molar-refractivity contribution >= 4 is 17.4 Å². The highest BCUT2D eigenvalue weighted by Gasteiger charge is 2.30. The van der Waals surface area contributed by atoms with Crippen molar-refractivity contribution < 1.29 is 9.53 Å². The molecule has 4 rings (SSSR count). The van der Waals surface area contributed by atoms with Crippen molar-refractivity contribution in [3.63, 3.8) is 0 Å². The highest BCUT2D eigenvalue weighted by Crippen LogP contribution is 2.38. The lowest BCUT2D eigenvalue weighted by molar-refractivity contribution is 0.244. The minimum Gasteiger partial charge on any atom is -0.497 e. The third-order valence-electron chi connectivity index (χ3n) is 5.12. The van der Waals surface area contributed by atoms with Crippen LogP contribution in [0.5, 0.6) is 5.75 Å². The lowest BCUT2D eigenvalue weighted by atomic mass is 9.92. The maximum atomic E-state index is 12.3. The van der Waals surface area contributed by atoms with Gasteiger partial charge in [-0.2, -0.15) is 0 Å². The Morgan fingerprint density at radius 3 is 2.80 bits per heavy atom. The number of benzene rings is 2. The van der Waals surface area contributed by atoms with E-state index in [0.29, 0.717) is 17.5 Å². The van der Waals surface area contributed by atoms with E-state index >= 15 is 0 Å². The fourth-order valence-electron chi connectivity index (χ4n) is 3.93. The summed E-state index contributed by atoms with van der Waals surface area (Å²) >= 11 is 0. The van der Waals surface area contributed by atoms with Gasteiger partial charge in [0, 0.05) is 30.0 Å². The number of methoxy groups -OCH3 is 1. The van der Waals surface area contributed by atoms with Crippen LogP contribution >= 0.6 is 0 Å². The summed E-state index contributed by atoms with van der Waals surface area (Å²) in [7, 11) is 1.61. The second-order valence-corrected chi connectivity index (χ2v) is 6.67. The number of urea groups is 1. The minimum absolute atomic E-state index is 0.244. The van der Waals surface area contributed by atoms with Gasteiger partial charge in [0.1, 0.15) is 5.75 Å². The molecule has 5 heteroatoms. The molecule has 2 N–H and O–H groups in total. The van der Waals surface area contributed by atoms with Crippen molar-refractivity contribution in [2.24, 2.45) is 0 Å². The monoisotopic (exact) mass is 337 g/mol. The smallest absolute Gasteiger partial charge is 0.323 e. The number of carbonyl (C=O) groups is 1. The molecule has 2 heterocycles. The summed E-state index contributed by atoms with van der Waals surface area (Å²) in [6.07, 6.45) is 3.59. The number of amides is 2. The zero-order valence-electron chi connectivity index (χ0n) is 14.4. The summed E-state index contributed by atoms with van der Waals surface area (Å²) in [5.41, 5.74) is 4.34. The van der Waals surface area contributed by atoms with Crippen molar-refractivity contribution in [1.29, 1.82) is 0 Å². The van der Waals surface area contributed by atoms with Gasteiger partial charge in [0.05, 0.1) is 7.11 Å². The molecule has 2 aliphatic heterocycles. The molecule has 0 saturated carbocycles. The molecule has 25 heavy (non-hydrogen) atoms. The van der Waals surface area contributed by atoms with Gasteiger partial charge >= 0.3 is 6.03 Å². The first kappa shape index (κ1) is 16.0. The first-order chi connectivity index (χ1) is 12.2. The van der Waals surface area contributed by atoms with E-state index in [1.165, 1.54) is 30.5 Å². The maximum Gasteiger partial charge on any atom is 0.323 e. The molecule has 2 aromatic carbocycles. The fourth-order valence-corrected chi connectivity index (χ4v) is 3.93. The van der Waals surface area contributed by atoms with Crippen LogP contribution in [0.3, 0.4) is 0 Å². The topological polar surface area (TPSA) is 53.6 Å². The molecule has 2 aliphatic rings. The van der Waals surface area contributed by atoms with Crippen LogP contribution in [-0.4, -0.2) is 31.1 Å². The van der Waals surface area contributed by atoms with Crippen LogP contribution in [0.2, 0.25) is 0 Å². The van der Waals surface area contributed by atoms with Gasteiger partial charge in [0.2, 0.25) is 0 Å². The Morgan fingerprint density at radius 2 is 1.96 bits per heavy atom. The van der Waals surface area contributed by atoms with E-state index in [9.17, 15) is 4.79 Å². The third kappa shape index (κ3) is 3.33. The van der Waals surface area contributed by atoms with Crippen molar-refractivity contribution in [3.05, 3.63) is 53.6 Å². The van der Waals surface area contributed by atoms with Crippen molar-refractivity contribution in [1.82, 2.24) is 4.90 Å². The van der Waals surface area contributed by atoms with Crippen molar-refractivity contribution in [3.8, 4) is 5.75 Å². The molecule has 1 atom stereocenters. The summed E-state index contributed by atoms with van der Waals surface area (Å²) in [4.78, 5) is 14.8. The van der Waals surface area contributed by atoms with Crippen LogP contribution < -0.4 is 15.4 Å². The molecule has 0 spiro atoms. The Balaban J connectivity index is 1.45. The minimum atomic E-state index is -0.244. The number of hydrogen-bond donors (Lipinski definition) is 2. The van der Waals surface area contributed by atoms with Gasteiger partial charge < -0.3 is 15.4 Å². The molecular weight excluding hydrogens is 314 g/mol. The molecule has 5 nitrogen and oxygen atoms in total. The number of ether oxygens (including phenoxy) is 1. The van der Waals surface area contributed by atoms with Gasteiger partial charge in [-0.25, -0.2) is 4.79 Å². The van der Waals surface area contributed by atoms with Gasteiger partial charge in [-0.3, -0.25) is 4.90 Å². The fraction of sp³-hybridized carbons (Fsp3) is 0.350. The van der Waals surface area contributed by atoms with E-state index < -0.39 is 0 Å². The number of anilines is 2. The van der Waals surface area contributed by atoms with Gasteiger partial charge in [-0.15, -0.1) is 0 Å². The average molecular weight is 337 g/mol. The molecule has 2 amide bonds. The predicted octanol–water partition coefficient (Wildman–Crippen LogP) is 4.03. The van der Waals surface area contributed by atoms with Crippen LogP contribution in [0, 0.1) is 0 Å². The van der Waals surface area contributed by atoms with E-state index in [4.69, 9.17) is 4.74 Å². The molecule has 0 radical (unpaired) electrons. The quantitative estimate of drug-likeness (QED) is 0.889. The van der Waals surface area contributed by atoms with Gasteiger partial charge in [0.15, 0.2) is 0 Å². The van der Waals surface area contributed by atoms with Crippen LogP contribution in [0.1, 0.15) is 30.0 Å². The van der Waals surface area contributed by atoms with Gasteiger partial charge in [-0.1, -0.05) is 12.1 Å². The predicted molar refractivity (Wildman–Crippen MR) is 99.3 cm³/mol. The Labute approximate surface area is 148 Å². The van der Waals surface area contributed by atoms with E-state index in [-0.39, 0.29) is 6.03 Å². The molecular formula is C20H23N3O2. The van der Waals surface area contributed by atoms with Crippen LogP contribution in [0.25, 0.3) is 0 Å². The largest absolute Gasteiger partial charge is 0.497 e.